The van der Waals surface area contributed by atoms with Gasteiger partial charge in [-0.2, -0.15) is 0 Å². The van der Waals surface area contributed by atoms with E-state index in [1.165, 1.54) is 44.9 Å². The van der Waals surface area contributed by atoms with E-state index >= 15 is 0 Å². The summed E-state index contributed by atoms with van der Waals surface area (Å²) in [6.45, 7) is 17.2. The van der Waals surface area contributed by atoms with E-state index in [4.69, 9.17) is 14.2 Å². The molecule has 0 amide bonds. The second-order valence-corrected chi connectivity index (χ2v) is 14.2. The number of ether oxygens (including phenoxy) is 3. The molecule has 0 aromatic heterocycles. The van der Waals surface area contributed by atoms with Gasteiger partial charge in [0.15, 0.2) is 0 Å². The molecule has 1 saturated heterocycles. The minimum Gasteiger partial charge on any atom is -0.487 e. The van der Waals surface area contributed by atoms with Crippen molar-refractivity contribution in [3.05, 3.63) is 22.3 Å². The lowest BCUT2D eigenvalue weighted by Crippen LogP contribution is -2.60. The third-order valence-electron chi connectivity index (χ3n) is 9.92. The van der Waals surface area contributed by atoms with E-state index in [1.54, 1.807) is 0 Å². The van der Waals surface area contributed by atoms with Gasteiger partial charge >= 0.3 is 0 Å². The second-order valence-electron chi connectivity index (χ2n) is 14.2. The first-order valence-corrected chi connectivity index (χ1v) is 16.6. The van der Waals surface area contributed by atoms with Crippen LogP contribution in [-0.2, 0) is 11.2 Å². The molecule has 0 spiro atoms. The van der Waals surface area contributed by atoms with Crippen molar-refractivity contribution in [3.8, 4) is 11.5 Å². The van der Waals surface area contributed by atoms with Gasteiger partial charge in [0.25, 0.3) is 0 Å². The Bertz CT molecular complexity index is 992. The van der Waals surface area contributed by atoms with Crippen molar-refractivity contribution in [2.24, 2.45) is 17.8 Å². The number of aliphatic hydroxyl groups is 4. The van der Waals surface area contributed by atoms with E-state index in [2.05, 4.69) is 34.6 Å². The van der Waals surface area contributed by atoms with Crippen LogP contribution < -0.4 is 9.47 Å². The summed E-state index contributed by atoms with van der Waals surface area (Å²) in [5, 5.41) is 40.4. The Balaban J connectivity index is 1.55. The molecule has 1 aromatic rings. The van der Waals surface area contributed by atoms with Gasteiger partial charge in [-0.15, -0.1) is 0 Å². The summed E-state index contributed by atoms with van der Waals surface area (Å²) in [6, 6.07) is 0. The summed E-state index contributed by atoms with van der Waals surface area (Å²) in [7, 11) is 0. The minimum atomic E-state index is -1.48. The van der Waals surface area contributed by atoms with E-state index in [-0.39, 0.29) is 5.60 Å². The summed E-state index contributed by atoms with van der Waals surface area (Å²) < 4.78 is 18.5. The molecule has 0 saturated carbocycles. The summed E-state index contributed by atoms with van der Waals surface area (Å²) >= 11 is 0. The molecular weight excluding hydrogens is 532 g/mol. The third-order valence-corrected chi connectivity index (χ3v) is 9.92. The first kappa shape index (κ1) is 35.1. The average molecular weight is 593 g/mol. The molecule has 4 N–H and O–H groups in total. The molecule has 2 heterocycles. The van der Waals surface area contributed by atoms with Crippen molar-refractivity contribution in [1.29, 1.82) is 0 Å². The maximum absolute atomic E-state index is 10.5. The van der Waals surface area contributed by atoms with Crippen molar-refractivity contribution < 1.29 is 34.6 Å². The molecule has 2 unspecified atom stereocenters. The fourth-order valence-electron chi connectivity index (χ4n) is 6.72. The molecule has 7 nitrogen and oxygen atoms in total. The highest BCUT2D eigenvalue weighted by Crippen LogP contribution is 2.45. The smallest absolute Gasteiger partial charge is 0.229 e. The van der Waals surface area contributed by atoms with E-state index in [1.807, 2.05) is 20.8 Å². The lowest BCUT2D eigenvalue weighted by atomic mass is 9.83. The van der Waals surface area contributed by atoms with Crippen LogP contribution in [0.25, 0.3) is 0 Å². The van der Waals surface area contributed by atoms with Gasteiger partial charge in [-0.05, 0) is 87.8 Å². The fraction of sp³-hybridized carbons (Fsp3) is 0.829. The van der Waals surface area contributed by atoms with Gasteiger partial charge in [0.2, 0.25) is 6.29 Å². The zero-order valence-corrected chi connectivity index (χ0v) is 27.6. The van der Waals surface area contributed by atoms with E-state index in [0.717, 1.165) is 71.4 Å². The Morgan fingerprint density at radius 2 is 1.40 bits per heavy atom. The van der Waals surface area contributed by atoms with Crippen LogP contribution in [0.4, 0.5) is 0 Å². The maximum atomic E-state index is 10.5. The molecule has 8 atom stereocenters. The highest BCUT2D eigenvalue weighted by atomic mass is 16.7. The van der Waals surface area contributed by atoms with Crippen molar-refractivity contribution in [2.75, 3.05) is 6.61 Å². The van der Waals surface area contributed by atoms with Gasteiger partial charge in [0.1, 0.15) is 41.5 Å². The predicted octanol–water partition coefficient (Wildman–Crippen LogP) is 6.31. The van der Waals surface area contributed by atoms with Gasteiger partial charge < -0.3 is 34.6 Å². The van der Waals surface area contributed by atoms with Crippen LogP contribution in [0.5, 0.6) is 11.5 Å². The Morgan fingerprint density at radius 1 is 0.810 bits per heavy atom. The number of benzene rings is 1. The Kier molecular flexibility index (Phi) is 13.0. The summed E-state index contributed by atoms with van der Waals surface area (Å²) in [4.78, 5) is 0. The number of aliphatic hydroxyl groups excluding tert-OH is 4. The van der Waals surface area contributed by atoms with Crippen molar-refractivity contribution >= 4 is 0 Å². The lowest BCUT2D eigenvalue weighted by molar-refractivity contribution is -0.277. The van der Waals surface area contributed by atoms with Crippen LogP contribution in [0, 0.1) is 38.5 Å². The van der Waals surface area contributed by atoms with Crippen molar-refractivity contribution in [3.63, 3.8) is 0 Å². The Morgan fingerprint density at radius 3 is 2.00 bits per heavy atom. The number of rotatable bonds is 15. The van der Waals surface area contributed by atoms with Crippen LogP contribution in [0.2, 0.25) is 0 Å². The number of hydrogen-bond donors (Lipinski definition) is 4. The summed E-state index contributed by atoms with van der Waals surface area (Å²) in [5.41, 5.74) is 3.71. The monoisotopic (exact) mass is 592 g/mol. The zero-order valence-electron chi connectivity index (χ0n) is 27.6. The molecule has 0 aliphatic carbocycles. The van der Waals surface area contributed by atoms with Crippen molar-refractivity contribution in [1.82, 2.24) is 0 Å². The Hall–Kier alpha value is -1.38. The normalized spacial score (nSPS) is 29.2. The fourth-order valence-corrected chi connectivity index (χ4v) is 6.72. The van der Waals surface area contributed by atoms with Crippen LogP contribution >= 0.6 is 0 Å². The van der Waals surface area contributed by atoms with Crippen LogP contribution in [-0.4, -0.2) is 63.3 Å². The number of hydrogen-bond acceptors (Lipinski definition) is 7. The molecule has 3 rings (SSSR count). The number of fused-ring (bicyclic) bond motifs is 1. The van der Waals surface area contributed by atoms with E-state index in [9.17, 15) is 20.4 Å². The minimum absolute atomic E-state index is 0.207. The first-order valence-electron chi connectivity index (χ1n) is 16.6. The highest BCUT2D eigenvalue weighted by molar-refractivity contribution is 5.59. The van der Waals surface area contributed by atoms with Crippen LogP contribution in [0.3, 0.4) is 0 Å². The highest BCUT2D eigenvalue weighted by Gasteiger charge is 2.45. The van der Waals surface area contributed by atoms with Gasteiger partial charge in [0.05, 0.1) is 6.61 Å². The summed E-state index contributed by atoms with van der Waals surface area (Å²) in [5.74, 6) is 3.91. The maximum Gasteiger partial charge on any atom is 0.229 e. The first-order chi connectivity index (χ1) is 19.8. The average Bonchev–Trinajstić information content (AvgIpc) is 2.93. The molecule has 42 heavy (non-hydrogen) atoms. The summed E-state index contributed by atoms with van der Waals surface area (Å²) in [6.07, 6.45) is 6.72. The Labute approximate surface area is 255 Å². The molecule has 2 aliphatic rings. The van der Waals surface area contributed by atoms with Gasteiger partial charge in [-0.3, -0.25) is 0 Å². The molecular formula is C35H60O7. The van der Waals surface area contributed by atoms with Gasteiger partial charge in [-0.1, -0.05) is 72.6 Å². The van der Waals surface area contributed by atoms with Gasteiger partial charge in [-0.25, -0.2) is 0 Å². The quantitative estimate of drug-likeness (QED) is 0.189. The van der Waals surface area contributed by atoms with Crippen LogP contribution in [0.15, 0.2) is 0 Å². The SMILES string of the molecule is Cc1c(C)c2c(c(C)c1O[C@@H]1O[C@H](CO)[C@@H](O)[C@H](O)[C@H]1O)CC[C@@](C)(CCCC(C)CCCC(C)CCCC(C)C)O2. The molecule has 7 heteroatoms. The third kappa shape index (κ3) is 8.84. The van der Waals surface area contributed by atoms with Crippen LogP contribution in [0.1, 0.15) is 121 Å². The second kappa shape index (κ2) is 15.6. The molecule has 0 radical (unpaired) electrons. The topological polar surface area (TPSA) is 109 Å². The van der Waals surface area contributed by atoms with Gasteiger partial charge in [0, 0.05) is 5.56 Å². The standard InChI is InChI=1S/C35H60O7/c1-21(2)12-9-13-22(3)14-10-15-23(4)16-11-18-35(8)19-17-27-26(7)32(24(5)25(6)33(27)42-35)41-34-31(39)30(38)29(37)28(20-36)40-34/h21-23,28-31,34,36-39H,9-20H2,1-8H3/t22?,23?,28-,29-,30+,31-,34+,35-/m1/s1. The molecule has 1 aromatic carbocycles. The lowest BCUT2D eigenvalue weighted by Gasteiger charge is -2.41. The largest absolute Gasteiger partial charge is 0.487 e. The predicted molar refractivity (Wildman–Crippen MR) is 167 cm³/mol. The molecule has 1 fully saturated rings. The molecule has 2 aliphatic heterocycles. The van der Waals surface area contributed by atoms with Crippen molar-refractivity contribution in [2.45, 2.75) is 162 Å². The zero-order chi connectivity index (χ0) is 31.2. The van der Waals surface area contributed by atoms with E-state index < -0.39 is 37.3 Å². The molecule has 242 valence electrons. The molecule has 0 bridgehead atoms. The van der Waals surface area contributed by atoms with E-state index in [0.29, 0.717) is 5.75 Å².